The van der Waals surface area contributed by atoms with E-state index in [-0.39, 0.29) is 0 Å². The summed E-state index contributed by atoms with van der Waals surface area (Å²) in [7, 11) is 0. The number of hydrogen-bond acceptors (Lipinski definition) is 4. The highest BCUT2D eigenvalue weighted by atomic mass is 35.5. The third-order valence-corrected chi connectivity index (χ3v) is 5.97. The molecule has 1 aliphatic heterocycles. The quantitative estimate of drug-likeness (QED) is 0.748. The van der Waals surface area contributed by atoms with Crippen LogP contribution in [0.15, 0.2) is 42.7 Å². The second-order valence-electron chi connectivity index (χ2n) is 6.46. The fourth-order valence-corrected chi connectivity index (χ4v) is 4.40. The van der Waals surface area contributed by atoms with Crippen molar-refractivity contribution in [3.05, 3.63) is 52.6 Å². The SMILES string of the molecule is NC1CCN(Cc2ccc3cncc(-c4ccc(Cl)s4)c3c2)CC1. The van der Waals surface area contributed by atoms with Crippen molar-refractivity contribution in [2.24, 2.45) is 5.73 Å². The summed E-state index contributed by atoms with van der Waals surface area (Å²) in [4.78, 5) is 8.05. The molecule has 0 atom stereocenters. The van der Waals surface area contributed by atoms with Crippen molar-refractivity contribution >= 4 is 33.7 Å². The van der Waals surface area contributed by atoms with E-state index >= 15 is 0 Å². The Labute approximate surface area is 151 Å². The Morgan fingerprint density at radius 2 is 2.00 bits per heavy atom. The highest BCUT2D eigenvalue weighted by Gasteiger charge is 2.16. The number of likely N-dealkylation sites (tertiary alicyclic amines) is 1. The number of nitrogens with two attached hydrogens (primary N) is 1. The number of hydrogen-bond donors (Lipinski definition) is 1. The van der Waals surface area contributed by atoms with Crippen LogP contribution in [0.4, 0.5) is 0 Å². The number of pyridine rings is 1. The van der Waals surface area contributed by atoms with Crippen molar-refractivity contribution in [3.63, 3.8) is 0 Å². The van der Waals surface area contributed by atoms with Crippen LogP contribution in [0.1, 0.15) is 18.4 Å². The fourth-order valence-electron chi connectivity index (χ4n) is 3.33. The third-order valence-electron chi connectivity index (χ3n) is 4.70. The molecule has 1 aliphatic rings. The summed E-state index contributed by atoms with van der Waals surface area (Å²) in [5.74, 6) is 0. The van der Waals surface area contributed by atoms with Crippen LogP contribution in [-0.4, -0.2) is 29.0 Å². The molecule has 1 saturated heterocycles. The maximum Gasteiger partial charge on any atom is 0.0934 e. The normalized spacial score (nSPS) is 16.8. The molecule has 3 heterocycles. The van der Waals surface area contributed by atoms with E-state index in [4.69, 9.17) is 17.3 Å². The van der Waals surface area contributed by atoms with E-state index in [1.54, 1.807) is 11.3 Å². The zero-order valence-corrected chi connectivity index (χ0v) is 15.0. The maximum atomic E-state index is 6.11. The Hall–Kier alpha value is -1.46. The lowest BCUT2D eigenvalue weighted by molar-refractivity contribution is 0.206. The Bertz CT molecular complexity index is 853. The van der Waals surface area contributed by atoms with Crippen LogP contribution in [0.3, 0.4) is 0 Å². The summed E-state index contributed by atoms with van der Waals surface area (Å²) < 4.78 is 0.808. The van der Waals surface area contributed by atoms with Gasteiger partial charge in [0, 0.05) is 40.8 Å². The number of halogens is 1. The number of nitrogens with zero attached hydrogens (tertiary/aromatic N) is 2. The Kier molecular flexibility index (Phi) is 4.55. The Balaban J connectivity index is 1.66. The van der Waals surface area contributed by atoms with Crippen molar-refractivity contribution < 1.29 is 0 Å². The summed E-state index contributed by atoms with van der Waals surface area (Å²) in [6.07, 6.45) is 6.05. The summed E-state index contributed by atoms with van der Waals surface area (Å²) in [5, 5.41) is 2.41. The molecule has 2 N–H and O–H groups in total. The largest absolute Gasteiger partial charge is 0.328 e. The molecule has 0 bridgehead atoms. The van der Waals surface area contributed by atoms with Gasteiger partial charge in [-0.25, -0.2) is 0 Å². The molecule has 3 nitrogen and oxygen atoms in total. The second kappa shape index (κ2) is 6.81. The van der Waals surface area contributed by atoms with E-state index in [0.717, 1.165) is 42.4 Å². The van der Waals surface area contributed by atoms with Crippen molar-refractivity contribution in [3.8, 4) is 10.4 Å². The van der Waals surface area contributed by atoms with E-state index in [2.05, 4.69) is 34.1 Å². The van der Waals surface area contributed by atoms with Gasteiger partial charge in [0.05, 0.1) is 4.34 Å². The topological polar surface area (TPSA) is 42.1 Å². The van der Waals surface area contributed by atoms with Gasteiger partial charge in [0.25, 0.3) is 0 Å². The first-order valence-corrected chi connectivity index (χ1v) is 9.49. The molecule has 0 radical (unpaired) electrons. The molecule has 5 heteroatoms. The zero-order valence-electron chi connectivity index (χ0n) is 13.4. The van der Waals surface area contributed by atoms with Crippen molar-refractivity contribution in [1.29, 1.82) is 0 Å². The highest BCUT2D eigenvalue weighted by Crippen LogP contribution is 2.35. The summed E-state index contributed by atoms with van der Waals surface area (Å²) >= 11 is 7.71. The van der Waals surface area contributed by atoms with Crippen LogP contribution < -0.4 is 5.73 Å². The van der Waals surface area contributed by atoms with Gasteiger partial charge in [-0.05, 0) is 55.1 Å². The van der Waals surface area contributed by atoms with Crippen LogP contribution in [0.25, 0.3) is 21.2 Å². The lowest BCUT2D eigenvalue weighted by atomic mass is 10.0. The highest BCUT2D eigenvalue weighted by molar-refractivity contribution is 7.19. The van der Waals surface area contributed by atoms with Crippen molar-refractivity contribution in [1.82, 2.24) is 9.88 Å². The molecule has 0 amide bonds. The predicted molar refractivity (Wildman–Crippen MR) is 103 cm³/mol. The Morgan fingerprint density at radius 1 is 1.17 bits per heavy atom. The minimum atomic E-state index is 0.374. The first-order chi connectivity index (χ1) is 11.7. The molecule has 0 saturated carbocycles. The lowest BCUT2D eigenvalue weighted by Crippen LogP contribution is -2.39. The van der Waals surface area contributed by atoms with E-state index in [0.29, 0.717) is 6.04 Å². The second-order valence-corrected chi connectivity index (χ2v) is 8.17. The molecule has 1 aromatic carbocycles. The predicted octanol–water partition coefficient (Wildman–Crippen LogP) is 4.54. The monoisotopic (exact) mass is 357 g/mol. The van der Waals surface area contributed by atoms with Gasteiger partial charge in [-0.3, -0.25) is 9.88 Å². The van der Waals surface area contributed by atoms with Gasteiger partial charge in [-0.2, -0.15) is 0 Å². The molecule has 2 aromatic heterocycles. The van der Waals surface area contributed by atoms with Gasteiger partial charge in [-0.15, -0.1) is 11.3 Å². The lowest BCUT2D eigenvalue weighted by Gasteiger charge is -2.30. The van der Waals surface area contributed by atoms with Crippen molar-refractivity contribution in [2.75, 3.05) is 13.1 Å². The van der Waals surface area contributed by atoms with Crippen molar-refractivity contribution in [2.45, 2.75) is 25.4 Å². The minimum absolute atomic E-state index is 0.374. The van der Waals surface area contributed by atoms with Crippen LogP contribution in [0.5, 0.6) is 0 Å². The van der Waals surface area contributed by atoms with Gasteiger partial charge in [0.2, 0.25) is 0 Å². The molecule has 0 aliphatic carbocycles. The van der Waals surface area contributed by atoms with Gasteiger partial charge in [-0.1, -0.05) is 23.7 Å². The molecule has 3 aromatic rings. The van der Waals surface area contributed by atoms with Gasteiger partial charge >= 0.3 is 0 Å². The number of fused-ring (bicyclic) bond motifs is 1. The number of thiophene rings is 1. The third kappa shape index (κ3) is 3.33. The standard InChI is InChI=1S/C19H20ClN3S/c20-19-4-3-18(24-19)17-11-22-10-14-2-1-13(9-16(14)17)12-23-7-5-15(21)6-8-23/h1-4,9-11,15H,5-8,12,21H2. The summed E-state index contributed by atoms with van der Waals surface area (Å²) in [6.45, 7) is 3.15. The average Bonchev–Trinajstić information content (AvgIpc) is 3.03. The molecular formula is C19H20ClN3S. The maximum absolute atomic E-state index is 6.11. The van der Waals surface area contributed by atoms with E-state index in [9.17, 15) is 0 Å². The molecule has 124 valence electrons. The summed E-state index contributed by atoms with van der Waals surface area (Å²) in [5.41, 5.74) is 8.51. The average molecular weight is 358 g/mol. The first kappa shape index (κ1) is 16.0. The number of aromatic nitrogens is 1. The smallest absolute Gasteiger partial charge is 0.0934 e. The van der Waals surface area contributed by atoms with Gasteiger partial charge in [0.15, 0.2) is 0 Å². The van der Waals surface area contributed by atoms with Gasteiger partial charge < -0.3 is 5.73 Å². The molecular weight excluding hydrogens is 338 g/mol. The number of piperidine rings is 1. The van der Waals surface area contributed by atoms with Gasteiger partial charge in [0.1, 0.15) is 0 Å². The van der Waals surface area contributed by atoms with Crippen LogP contribution in [0.2, 0.25) is 4.34 Å². The first-order valence-electron chi connectivity index (χ1n) is 8.29. The number of benzene rings is 1. The number of rotatable bonds is 3. The van der Waals surface area contributed by atoms with Crippen LogP contribution in [0, 0.1) is 0 Å². The fraction of sp³-hybridized carbons (Fsp3) is 0.316. The van der Waals surface area contributed by atoms with E-state index in [1.165, 1.54) is 21.2 Å². The molecule has 0 spiro atoms. The molecule has 1 fully saturated rings. The van der Waals surface area contributed by atoms with E-state index in [1.807, 2.05) is 18.5 Å². The van der Waals surface area contributed by atoms with Crippen LogP contribution in [-0.2, 0) is 6.54 Å². The molecule has 24 heavy (non-hydrogen) atoms. The molecule has 4 rings (SSSR count). The Morgan fingerprint density at radius 3 is 2.75 bits per heavy atom. The summed E-state index contributed by atoms with van der Waals surface area (Å²) in [6, 6.07) is 11.1. The zero-order chi connectivity index (χ0) is 16.5. The van der Waals surface area contributed by atoms with E-state index < -0.39 is 0 Å². The van der Waals surface area contributed by atoms with Crippen LogP contribution >= 0.6 is 22.9 Å². The molecule has 0 unspecified atom stereocenters. The minimum Gasteiger partial charge on any atom is -0.328 e.